The third-order valence-electron chi connectivity index (χ3n) is 5.83. The number of ether oxygens (including phenoxy) is 1. The Bertz CT molecular complexity index is 759. The normalized spacial score (nSPS) is 26.2. The molecule has 5 heteroatoms. The molecule has 1 aliphatic carbocycles. The first-order valence-electron chi connectivity index (χ1n) is 8.81. The fourth-order valence-corrected chi connectivity index (χ4v) is 4.32. The molecule has 2 heterocycles. The van der Waals surface area contributed by atoms with E-state index in [0.717, 1.165) is 48.6 Å². The molecule has 1 aromatic heterocycles. The maximum atomic E-state index is 12.4. The van der Waals surface area contributed by atoms with Gasteiger partial charge in [0.1, 0.15) is 0 Å². The van der Waals surface area contributed by atoms with Crippen LogP contribution < -0.4 is 0 Å². The van der Waals surface area contributed by atoms with Crippen LogP contribution in [-0.4, -0.2) is 39.0 Å². The number of carbonyl (C=O) groups is 1. The van der Waals surface area contributed by atoms with E-state index in [2.05, 4.69) is 11.1 Å². The van der Waals surface area contributed by atoms with Crippen LogP contribution in [0.25, 0.3) is 10.9 Å². The lowest BCUT2D eigenvalue weighted by Gasteiger charge is -2.42. The molecule has 0 bridgehead atoms. The first-order valence-corrected chi connectivity index (χ1v) is 8.81. The number of para-hydroxylation sites is 1. The minimum Gasteiger partial charge on any atom is -0.438 e. The van der Waals surface area contributed by atoms with Crippen molar-refractivity contribution in [2.24, 2.45) is 0 Å². The van der Waals surface area contributed by atoms with Crippen molar-refractivity contribution in [3.05, 3.63) is 36.0 Å². The van der Waals surface area contributed by atoms with Gasteiger partial charge in [-0.1, -0.05) is 24.6 Å². The van der Waals surface area contributed by atoms with Crippen LogP contribution in [0.5, 0.6) is 0 Å². The van der Waals surface area contributed by atoms with Crippen molar-refractivity contribution in [2.45, 2.75) is 56.8 Å². The van der Waals surface area contributed by atoms with Gasteiger partial charge in [0.25, 0.3) is 0 Å². The van der Waals surface area contributed by atoms with E-state index in [9.17, 15) is 9.90 Å². The van der Waals surface area contributed by atoms with Gasteiger partial charge in [-0.3, -0.25) is 4.90 Å². The number of benzene rings is 1. The monoisotopic (exact) mass is 328 g/mol. The van der Waals surface area contributed by atoms with Gasteiger partial charge in [-0.05, 0) is 50.7 Å². The molecule has 24 heavy (non-hydrogen) atoms. The predicted octanol–water partition coefficient (Wildman–Crippen LogP) is 3.57. The molecule has 1 unspecified atom stereocenters. The summed E-state index contributed by atoms with van der Waals surface area (Å²) in [5.74, 6) is 0. The molecule has 2 aliphatic rings. The molecule has 5 nitrogen and oxygen atoms in total. The SMILES string of the molecule is CC1(O)N(CCc2c[nH]c3ccccc23)C(=O)OC12CCCCC2. The van der Waals surface area contributed by atoms with E-state index in [1.54, 1.807) is 6.92 Å². The zero-order valence-corrected chi connectivity index (χ0v) is 14.0. The number of nitrogens with zero attached hydrogens (tertiary/aromatic N) is 1. The average molecular weight is 328 g/mol. The number of carbonyl (C=O) groups excluding carboxylic acids is 1. The van der Waals surface area contributed by atoms with E-state index in [4.69, 9.17) is 4.74 Å². The van der Waals surface area contributed by atoms with E-state index in [-0.39, 0.29) is 6.09 Å². The molecule has 1 saturated carbocycles. The van der Waals surface area contributed by atoms with Crippen LogP contribution in [-0.2, 0) is 11.2 Å². The summed E-state index contributed by atoms with van der Waals surface area (Å²) in [6.45, 7) is 2.19. The molecule has 1 atom stereocenters. The predicted molar refractivity (Wildman–Crippen MR) is 91.6 cm³/mol. The first-order chi connectivity index (χ1) is 11.5. The third kappa shape index (κ3) is 2.22. The average Bonchev–Trinajstić information content (AvgIpc) is 3.05. The number of rotatable bonds is 3. The molecule has 2 fully saturated rings. The van der Waals surface area contributed by atoms with Crippen LogP contribution in [0.15, 0.2) is 30.5 Å². The number of aromatic amines is 1. The highest BCUT2D eigenvalue weighted by Crippen LogP contribution is 2.46. The summed E-state index contributed by atoms with van der Waals surface area (Å²) in [7, 11) is 0. The van der Waals surface area contributed by atoms with E-state index in [1.807, 2.05) is 24.4 Å². The summed E-state index contributed by atoms with van der Waals surface area (Å²) < 4.78 is 5.70. The number of fused-ring (bicyclic) bond motifs is 1. The molecule has 1 spiro atoms. The Labute approximate surface area is 141 Å². The standard InChI is InChI=1S/C19H24N2O3/c1-18(23)19(10-5-2-6-11-19)24-17(22)21(18)12-9-14-13-20-16-8-4-3-7-15(14)16/h3-4,7-8,13,20,23H,2,5-6,9-12H2,1H3. The summed E-state index contributed by atoms with van der Waals surface area (Å²) in [6, 6.07) is 8.12. The lowest BCUT2D eigenvalue weighted by atomic mass is 9.77. The van der Waals surface area contributed by atoms with Crippen molar-refractivity contribution in [3.8, 4) is 0 Å². The van der Waals surface area contributed by atoms with Gasteiger partial charge in [0.15, 0.2) is 11.3 Å². The Hall–Kier alpha value is -2.01. The molecule has 1 aliphatic heterocycles. The van der Waals surface area contributed by atoms with Crippen LogP contribution in [0, 0.1) is 0 Å². The van der Waals surface area contributed by atoms with Crippen LogP contribution >= 0.6 is 0 Å². The Balaban J connectivity index is 1.55. The van der Waals surface area contributed by atoms with Crippen LogP contribution in [0.1, 0.15) is 44.6 Å². The fourth-order valence-electron chi connectivity index (χ4n) is 4.32. The largest absolute Gasteiger partial charge is 0.438 e. The summed E-state index contributed by atoms with van der Waals surface area (Å²) in [4.78, 5) is 17.2. The van der Waals surface area contributed by atoms with Gasteiger partial charge >= 0.3 is 6.09 Å². The van der Waals surface area contributed by atoms with Crippen molar-refractivity contribution in [3.63, 3.8) is 0 Å². The van der Waals surface area contributed by atoms with Crippen molar-refractivity contribution in [2.75, 3.05) is 6.54 Å². The van der Waals surface area contributed by atoms with Crippen LogP contribution in [0.4, 0.5) is 4.79 Å². The Morgan fingerprint density at radius 1 is 1.25 bits per heavy atom. The molecule has 1 saturated heterocycles. The number of hydrogen-bond donors (Lipinski definition) is 2. The molecule has 2 aromatic rings. The van der Waals surface area contributed by atoms with Gasteiger partial charge in [0.2, 0.25) is 0 Å². The smallest absolute Gasteiger partial charge is 0.412 e. The molecule has 4 rings (SSSR count). The van der Waals surface area contributed by atoms with E-state index in [0.29, 0.717) is 13.0 Å². The van der Waals surface area contributed by atoms with Crippen LogP contribution in [0.3, 0.4) is 0 Å². The second-order valence-corrected chi connectivity index (χ2v) is 7.20. The Kier molecular flexibility index (Phi) is 3.57. The first kappa shape index (κ1) is 15.5. The number of aromatic nitrogens is 1. The number of aliphatic hydroxyl groups is 1. The van der Waals surface area contributed by atoms with Crippen molar-refractivity contribution in [1.29, 1.82) is 0 Å². The summed E-state index contributed by atoms with van der Waals surface area (Å²) in [6.07, 6.45) is 6.92. The zero-order chi connectivity index (χ0) is 16.8. The quantitative estimate of drug-likeness (QED) is 0.905. The topological polar surface area (TPSA) is 65.6 Å². The molecule has 0 radical (unpaired) electrons. The summed E-state index contributed by atoms with van der Waals surface area (Å²) >= 11 is 0. The summed E-state index contributed by atoms with van der Waals surface area (Å²) in [5, 5.41) is 12.3. The van der Waals surface area contributed by atoms with Gasteiger partial charge in [-0.2, -0.15) is 0 Å². The number of amides is 1. The molecular formula is C19H24N2O3. The second kappa shape index (κ2) is 5.52. The fraction of sp³-hybridized carbons (Fsp3) is 0.526. The maximum absolute atomic E-state index is 12.4. The van der Waals surface area contributed by atoms with E-state index >= 15 is 0 Å². The highest BCUT2D eigenvalue weighted by Gasteiger charge is 2.61. The number of hydrogen-bond acceptors (Lipinski definition) is 3. The minimum absolute atomic E-state index is 0.387. The highest BCUT2D eigenvalue weighted by molar-refractivity contribution is 5.83. The molecule has 1 amide bonds. The zero-order valence-electron chi connectivity index (χ0n) is 14.0. The van der Waals surface area contributed by atoms with Gasteiger partial charge in [-0.15, -0.1) is 0 Å². The van der Waals surface area contributed by atoms with Gasteiger partial charge < -0.3 is 14.8 Å². The van der Waals surface area contributed by atoms with E-state index < -0.39 is 11.3 Å². The lowest BCUT2D eigenvalue weighted by Crippen LogP contribution is -2.57. The van der Waals surface area contributed by atoms with Crippen molar-refractivity contribution >= 4 is 17.0 Å². The van der Waals surface area contributed by atoms with E-state index in [1.165, 1.54) is 4.90 Å². The number of H-pyrrole nitrogens is 1. The maximum Gasteiger partial charge on any atom is 0.412 e. The van der Waals surface area contributed by atoms with Gasteiger partial charge in [-0.25, -0.2) is 4.79 Å². The number of nitrogens with one attached hydrogen (secondary N) is 1. The summed E-state index contributed by atoms with van der Waals surface area (Å²) in [5.41, 5.74) is 0.268. The minimum atomic E-state index is -1.24. The van der Waals surface area contributed by atoms with Crippen molar-refractivity contribution in [1.82, 2.24) is 9.88 Å². The Morgan fingerprint density at radius 3 is 2.79 bits per heavy atom. The van der Waals surface area contributed by atoms with Gasteiger partial charge in [0, 0.05) is 23.6 Å². The van der Waals surface area contributed by atoms with Crippen molar-refractivity contribution < 1.29 is 14.6 Å². The highest BCUT2D eigenvalue weighted by atomic mass is 16.6. The third-order valence-corrected chi connectivity index (χ3v) is 5.83. The second-order valence-electron chi connectivity index (χ2n) is 7.20. The lowest BCUT2D eigenvalue weighted by molar-refractivity contribution is -0.158. The Morgan fingerprint density at radius 2 is 2.00 bits per heavy atom. The van der Waals surface area contributed by atoms with Crippen LogP contribution in [0.2, 0.25) is 0 Å². The molecule has 1 aromatic carbocycles. The molecular weight excluding hydrogens is 304 g/mol. The molecule has 2 N–H and O–H groups in total. The molecule has 128 valence electrons. The van der Waals surface area contributed by atoms with Gasteiger partial charge in [0.05, 0.1) is 0 Å².